The highest BCUT2D eigenvalue weighted by atomic mass is 19.1. The second-order valence-corrected chi connectivity index (χ2v) is 5.82. The van der Waals surface area contributed by atoms with Crippen LogP contribution in [0.15, 0.2) is 67.3 Å². The molecule has 1 N–H and O–H groups in total. The highest BCUT2D eigenvalue weighted by Crippen LogP contribution is 2.26. The number of rotatable bonds is 7. The maximum absolute atomic E-state index is 13.0. The van der Waals surface area contributed by atoms with Gasteiger partial charge in [-0.1, -0.05) is 48.5 Å². The molecule has 3 atom stereocenters. The van der Waals surface area contributed by atoms with Gasteiger partial charge in [0.25, 0.3) is 0 Å². The molecule has 0 amide bonds. The van der Waals surface area contributed by atoms with Crippen molar-refractivity contribution >= 4 is 0 Å². The number of aliphatic hydroxyl groups excluding tert-OH is 1. The van der Waals surface area contributed by atoms with Crippen LogP contribution in [-0.4, -0.2) is 11.2 Å². The van der Waals surface area contributed by atoms with E-state index >= 15 is 0 Å². The van der Waals surface area contributed by atoms with Gasteiger partial charge >= 0.3 is 0 Å². The lowest BCUT2D eigenvalue weighted by molar-refractivity contribution is 0.100. The van der Waals surface area contributed by atoms with Crippen molar-refractivity contribution in [3.8, 4) is 0 Å². The number of hydrogen-bond acceptors (Lipinski definition) is 1. The molecule has 0 fully saturated rings. The van der Waals surface area contributed by atoms with E-state index in [0.29, 0.717) is 6.42 Å². The first-order valence-corrected chi connectivity index (χ1v) is 7.69. The van der Waals surface area contributed by atoms with E-state index in [1.807, 2.05) is 31.2 Å². The van der Waals surface area contributed by atoms with E-state index < -0.39 is 6.10 Å². The predicted octanol–water partition coefficient (Wildman–Crippen LogP) is 4.41. The van der Waals surface area contributed by atoms with Crippen molar-refractivity contribution in [3.05, 3.63) is 84.2 Å². The van der Waals surface area contributed by atoms with Gasteiger partial charge in [-0.2, -0.15) is 0 Å². The van der Waals surface area contributed by atoms with E-state index in [2.05, 4.69) is 18.7 Å². The lowest BCUT2D eigenvalue weighted by atomic mass is 9.80. The SMILES string of the molecule is C=CC(Cc1ccccc1)C(Cc1ccc(F)cc1)C(C)O. The monoisotopic (exact) mass is 298 g/mol. The molecule has 0 saturated carbocycles. The lowest BCUT2D eigenvalue weighted by Crippen LogP contribution is -2.28. The molecule has 0 aliphatic carbocycles. The summed E-state index contributed by atoms with van der Waals surface area (Å²) in [6.07, 6.45) is 3.04. The maximum atomic E-state index is 13.0. The summed E-state index contributed by atoms with van der Waals surface area (Å²) < 4.78 is 13.0. The number of benzene rings is 2. The minimum absolute atomic E-state index is 0.0585. The molecule has 2 aromatic carbocycles. The number of aliphatic hydroxyl groups is 1. The van der Waals surface area contributed by atoms with Crippen molar-refractivity contribution in [1.29, 1.82) is 0 Å². The molecular weight excluding hydrogens is 275 g/mol. The van der Waals surface area contributed by atoms with Gasteiger partial charge in [0, 0.05) is 0 Å². The van der Waals surface area contributed by atoms with Crippen molar-refractivity contribution in [2.45, 2.75) is 25.9 Å². The maximum Gasteiger partial charge on any atom is 0.123 e. The fraction of sp³-hybridized carbons (Fsp3) is 0.300. The minimum Gasteiger partial charge on any atom is -0.393 e. The molecule has 116 valence electrons. The molecular formula is C20H23FO. The summed E-state index contributed by atoms with van der Waals surface area (Å²) in [7, 11) is 0. The van der Waals surface area contributed by atoms with Crippen LogP contribution in [0.5, 0.6) is 0 Å². The van der Waals surface area contributed by atoms with Crippen molar-refractivity contribution < 1.29 is 9.50 Å². The zero-order chi connectivity index (χ0) is 15.9. The third-order valence-electron chi connectivity index (χ3n) is 4.17. The number of halogens is 1. The Morgan fingerprint density at radius 3 is 2.14 bits per heavy atom. The second-order valence-electron chi connectivity index (χ2n) is 5.82. The summed E-state index contributed by atoms with van der Waals surface area (Å²) in [5.74, 6) is -0.00229. The van der Waals surface area contributed by atoms with Crippen LogP contribution < -0.4 is 0 Å². The molecule has 1 nitrogen and oxygen atoms in total. The van der Waals surface area contributed by atoms with E-state index in [1.54, 1.807) is 12.1 Å². The van der Waals surface area contributed by atoms with Crippen LogP contribution in [0.25, 0.3) is 0 Å². The standard InChI is InChI=1S/C20H23FO/c1-3-18(13-16-7-5-4-6-8-16)20(15(2)22)14-17-9-11-19(21)12-10-17/h3-12,15,18,20,22H,1,13-14H2,2H3. The van der Waals surface area contributed by atoms with Crippen molar-refractivity contribution in [1.82, 2.24) is 0 Å². The quantitative estimate of drug-likeness (QED) is 0.751. The molecule has 0 aliphatic heterocycles. The van der Waals surface area contributed by atoms with Gasteiger partial charge < -0.3 is 5.11 Å². The third-order valence-corrected chi connectivity index (χ3v) is 4.17. The molecule has 0 spiro atoms. The molecule has 2 rings (SSSR count). The van der Waals surface area contributed by atoms with Crippen LogP contribution in [0.2, 0.25) is 0 Å². The summed E-state index contributed by atoms with van der Waals surface area (Å²) in [5.41, 5.74) is 2.27. The Kier molecular flexibility index (Phi) is 5.91. The van der Waals surface area contributed by atoms with Crippen LogP contribution in [0, 0.1) is 17.7 Å². The average molecular weight is 298 g/mol. The molecule has 0 bridgehead atoms. The number of hydrogen-bond donors (Lipinski definition) is 1. The van der Waals surface area contributed by atoms with Gasteiger partial charge in [0.15, 0.2) is 0 Å². The van der Waals surface area contributed by atoms with E-state index in [0.717, 1.165) is 12.0 Å². The highest BCUT2D eigenvalue weighted by molar-refractivity contribution is 5.19. The van der Waals surface area contributed by atoms with Gasteiger partial charge in [-0.25, -0.2) is 4.39 Å². The van der Waals surface area contributed by atoms with Gasteiger partial charge in [0.1, 0.15) is 5.82 Å². The van der Waals surface area contributed by atoms with Crippen molar-refractivity contribution in [2.24, 2.45) is 11.8 Å². The third kappa shape index (κ3) is 4.54. The van der Waals surface area contributed by atoms with E-state index in [-0.39, 0.29) is 17.7 Å². The smallest absolute Gasteiger partial charge is 0.123 e. The lowest BCUT2D eigenvalue weighted by Gasteiger charge is -2.27. The topological polar surface area (TPSA) is 20.2 Å². The first kappa shape index (κ1) is 16.4. The Labute approximate surface area is 132 Å². The normalized spacial score (nSPS) is 15.0. The summed E-state index contributed by atoms with van der Waals surface area (Å²) in [4.78, 5) is 0. The fourth-order valence-corrected chi connectivity index (χ4v) is 2.87. The summed E-state index contributed by atoms with van der Waals surface area (Å²) in [6, 6.07) is 16.7. The molecule has 0 aromatic heterocycles. The molecule has 0 saturated heterocycles. The molecule has 22 heavy (non-hydrogen) atoms. The van der Waals surface area contributed by atoms with Gasteiger partial charge in [-0.05, 0) is 54.9 Å². The van der Waals surface area contributed by atoms with Gasteiger partial charge in [0.2, 0.25) is 0 Å². The molecule has 2 aromatic rings. The van der Waals surface area contributed by atoms with Crippen LogP contribution >= 0.6 is 0 Å². The van der Waals surface area contributed by atoms with Gasteiger partial charge in [-0.15, -0.1) is 6.58 Å². The highest BCUT2D eigenvalue weighted by Gasteiger charge is 2.24. The zero-order valence-corrected chi connectivity index (χ0v) is 13.0. The molecule has 0 aliphatic rings. The van der Waals surface area contributed by atoms with Crippen molar-refractivity contribution in [2.75, 3.05) is 0 Å². The molecule has 3 unspecified atom stereocenters. The minimum atomic E-state index is -0.447. The Hall–Kier alpha value is -1.93. The summed E-state index contributed by atoms with van der Waals surface area (Å²) >= 11 is 0. The van der Waals surface area contributed by atoms with E-state index in [4.69, 9.17) is 0 Å². The van der Waals surface area contributed by atoms with Crippen LogP contribution in [-0.2, 0) is 12.8 Å². The Morgan fingerprint density at radius 1 is 1.00 bits per heavy atom. The van der Waals surface area contributed by atoms with E-state index in [1.165, 1.54) is 17.7 Å². The summed E-state index contributed by atoms with van der Waals surface area (Å²) in [6.45, 7) is 5.76. The van der Waals surface area contributed by atoms with Gasteiger partial charge in [0.05, 0.1) is 6.10 Å². The average Bonchev–Trinajstić information content (AvgIpc) is 2.53. The van der Waals surface area contributed by atoms with Crippen LogP contribution in [0.1, 0.15) is 18.1 Å². The summed E-state index contributed by atoms with van der Waals surface area (Å²) in [5, 5.41) is 10.2. The fourth-order valence-electron chi connectivity index (χ4n) is 2.87. The van der Waals surface area contributed by atoms with Crippen LogP contribution in [0.4, 0.5) is 4.39 Å². The Morgan fingerprint density at radius 2 is 1.59 bits per heavy atom. The first-order chi connectivity index (χ1) is 10.6. The van der Waals surface area contributed by atoms with Crippen molar-refractivity contribution in [3.63, 3.8) is 0 Å². The molecule has 2 heteroatoms. The Bertz CT molecular complexity index is 574. The van der Waals surface area contributed by atoms with Gasteiger partial charge in [-0.3, -0.25) is 0 Å². The van der Waals surface area contributed by atoms with E-state index in [9.17, 15) is 9.50 Å². The zero-order valence-electron chi connectivity index (χ0n) is 13.0. The second kappa shape index (κ2) is 7.90. The number of allylic oxidation sites excluding steroid dienone is 1. The molecule has 0 radical (unpaired) electrons. The first-order valence-electron chi connectivity index (χ1n) is 7.69. The Balaban J connectivity index is 2.14. The largest absolute Gasteiger partial charge is 0.393 e. The predicted molar refractivity (Wildman–Crippen MR) is 89.1 cm³/mol. The van der Waals surface area contributed by atoms with Crippen LogP contribution in [0.3, 0.4) is 0 Å². The molecule has 0 heterocycles.